The summed E-state index contributed by atoms with van der Waals surface area (Å²) in [7, 11) is -4.10. The summed E-state index contributed by atoms with van der Waals surface area (Å²) in [5.74, 6) is 0. The quantitative estimate of drug-likeness (QED) is 0.0856. The minimum Gasteiger partial charge on any atom is -0.100 e. The summed E-state index contributed by atoms with van der Waals surface area (Å²) >= 11 is 0. The molecule has 0 aliphatic rings. The molecule has 0 aromatic heterocycles. The molecule has 0 radical (unpaired) electrons. The van der Waals surface area contributed by atoms with Gasteiger partial charge in [-0.25, -0.2) is 0 Å². The lowest BCUT2D eigenvalue weighted by molar-refractivity contribution is 1.74. The molecule has 55 heavy (non-hydrogen) atoms. The Labute approximate surface area is 331 Å². The van der Waals surface area contributed by atoms with Gasteiger partial charge in [-0.15, -0.1) is 5.73 Å². The van der Waals surface area contributed by atoms with Crippen LogP contribution in [-0.2, 0) is 0 Å². The van der Waals surface area contributed by atoms with Gasteiger partial charge in [-0.2, -0.15) is 0 Å². The van der Waals surface area contributed by atoms with Crippen molar-refractivity contribution in [2.75, 3.05) is 0 Å². The molecule has 0 aliphatic heterocycles. The van der Waals surface area contributed by atoms with E-state index in [1.165, 1.54) is 52.5 Å². The van der Waals surface area contributed by atoms with E-state index >= 15 is 0 Å². The minimum absolute atomic E-state index is 1.02. The van der Waals surface area contributed by atoms with Gasteiger partial charge in [0.05, 0.1) is 0 Å². The second kappa shape index (κ2) is 18.6. The van der Waals surface area contributed by atoms with Crippen molar-refractivity contribution in [2.24, 2.45) is 0 Å². The fourth-order valence-electron chi connectivity index (χ4n) is 6.71. The Morgan fingerprint density at radius 2 is 0.327 bits per heavy atom. The molecule has 8 rings (SSSR count). The Morgan fingerprint density at radius 1 is 0.200 bits per heavy atom. The highest BCUT2D eigenvalue weighted by atomic mass is 31.2. The molecule has 0 heterocycles. The third-order valence-electron chi connectivity index (χ3n) is 9.19. The molecule has 0 amide bonds. The van der Waals surface area contributed by atoms with E-state index in [0.29, 0.717) is 0 Å². The normalized spacial score (nSPS) is 11.1. The average Bonchev–Trinajstić information content (AvgIpc) is 3.27. The molecule has 0 fully saturated rings. The summed E-state index contributed by atoms with van der Waals surface area (Å²) in [6.45, 7) is 0. The molecule has 0 atom stereocenters. The molecule has 0 N–H and O–H groups in total. The zero-order chi connectivity index (χ0) is 37.1. The molecule has 0 nitrogen and oxygen atoms in total. The molecule has 0 aliphatic carbocycles. The van der Waals surface area contributed by atoms with Gasteiger partial charge in [0.2, 0.25) is 0 Å². The molecule has 0 saturated carbocycles. The van der Waals surface area contributed by atoms with Crippen LogP contribution in [0.1, 0.15) is 0 Å². The van der Waals surface area contributed by atoms with E-state index in [4.69, 9.17) is 0 Å². The summed E-state index contributed by atoms with van der Waals surface area (Å²) in [6.07, 6.45) is 0. The first kappa shape index (κ1) is 36.9. The first-order chi connectivity index (χ1) is 27.3. The Hall–Kier alpha value is -5.00. The highest BCUT2D eigenvalue weighted by molar-refractivity contribution is 7.96. The fraction of sp³-hybridized carbons (Fsp3) is 0. The molecule has 8 aromatic rings. The van der Waals surface area contributed by atoms with Crippen LogP contribution < -0.4 is 42.4 Å². The van der Waals surface area contributed by atoms with Crippen molar-refractivity contribution < 1.29 is 0 Å². The van der Waals surface area contributed by atoms with Crippen LogP contribution in [0.3, 0.4) is 0 Å². The Kier molecular flexibility index (Phi) is 12.5. The summed E-state index contributed by atoms with van der Waals surface area (Å²) in [6, 6.07) is 89.6. The van der Waals surface area contributed by atoms with Crippen molar-refractivity contribution in [3.05, 3.63) is 258 Å². The molecule has 0 unspecified atom stereocenters. The van der Waals surface area contributed by atoms with Crippen LogP contribution in [0.5, 0.6) is 0 Å². The fourth-order valence-corrected chi connectivity index (χ4v) is 19.2. The number of hydrogen-bond acceptors (Lipinski definition) is 0. The summed E-state index contributed by atoms with van der Waals surface area (Å²) < 4.78 is 0. The van der Waals surface area contributed by atoms with Gasteiger partial charge < -0.3 is 0 Å². The summed E-state index contributed by atoms with van der Waals surface area (Å²) in [5, 5.41) is 13.4. The lowest BCUT2D eigenvalue weighted by atomic mass is 10.4. The first-order valence-electron chi connectivity index (χ1n) is 18.5. The molecule has 264 valence electrons. The summed E-state index contributed by atoms with van der Waals surface area (Å²) in [4.78, 5) is 0. The SMILES string of the molecule is C(=C(P(c1ccccc1)c1ccccc1)P(c1ccccc1)c1ccccc1)=C(P(c1ccccc1)c1ccccc1)P(c1ccccc1)c1ccccc1. The molecule has 4 heteroatoms. The molecular formula is C51H40P4. The topological polar surface area (TPSA) is 0 Å². The molecule has 8 aromatic carbocycles. The maximum absolute atomic E-state index is 4.59. The highest BCUT2D eigenvalue weighted by Crippen LogP contribution is 2.64. The van der Waals surface area contributed by atoms with Crippen LogP contribution in [0, 0.1) is 0 Å². The molecule has 0 saturated heterocycles. The van der Waals surface area contributed by atoms with Crippen LogP contribution in [0.4, 0.5) is 0 Å². The maximum atomic E-state index is 4.59. The summed E-state index contributed by atoms with van der Waals surface area (Å²) in [5.41, 5.74) is 4.59. The van der Waals surface area contributed by atoms with Gasteiger partial charge in [0, 0.05) is 10.1 Å². The van der Waals surface area contributed by atoms with Crippen molar-refractivity contribution in [3.8, 4) is 0 Å². The lowest BCUT2D eigenvalue weighted by Gasteiger charge is -2.31. The van der Waals surface area contributed by atoms with Crippen LogP contribution in [-0.4, -0.2) is 0 Å². The van der Waals surface area contributed by atoms with Crippen molar-refractivity contribution in [1.82, 2.24) is 0 Å². The molecule has 0 bridgehead atoms. The van der Waals surface area contributed by atoms with Crippen LogP contribution in [0.25, 0.3) is 0 Å². The first-order valence-corrected chi connectivity index (χ1v) is 23.8. The lowest BCUT2D eigenvalue weighted by Crippen LogP contribution is -2.20. The second-order valence-corrected chi connectivity index (χ2v) is 22.1. The van der Waals surface area contributed by atoms with Crippen LogP contribution >= 0.6 is 31.7 Å². The van der Waals surface area contributed by atoms with E-state index in [2.05, 4.69) is 248 Å². The van der Waals surface area contributed by atoms with Gasteiger partial charge in [0.25, 0.3) is 0 Å². The third kappa shape index (κ3) is 8.79. The minimum atomic E-state index is -1.02. The van der Waals surface area contributed by atoms with E-state index < -0.39 is 31.7 Å². The maximum Gasteiger partial charge on any atom is 0.0370 e. The van der Waals surface area contributed by atoms with Crippen LogP contribution in [0.15, 0.2) is 258 Å². The number of hydrogen-bond donors (Lipinski definition) is 0. The second-order valence-electron chi connectivity index (χ2n) is 12.8. The number of rotatable bonds is 12. The zero-order valence-electron chi connectivity index (χ0n) is 30.4. The predicted molar refractivity (Wildman–Crippen MR) is 247 cm³/mol. The van der Waals surface area contributed by atoms with Gasteiger partial charge in [-0.3, -0.25) is 0 Å². The Morgan fingerprint density at radius 3 is 0.455 bits per heavy atom. The van der Waals surface area contributed by atoms with Gasteiger partial charge in [-0.05, 0) is 74.1 Å². The van der Waals surface area contributed by atoms with E-state index in [-0.39, 0.29) is 0 Å². The Bertz CT molecular complexity index is 1940. The van der Waals surface area contributed by atoms with E-state index in [9.17, 15) is 0 Å². The van der Waals surface area contributed by atoms with Gasteiger partial charge >= 0.3 is 0 Å². The largest absolute Gasteiger partial charge is 0.100 e. The Balaban J connectivity index is 1.60. The molecule has 0 spiro atoms. The van der Waals surface area contributed by atoms with Crippen molar-refractivity contribution in [1.29, 1.82) is 0 Å². The average molecular weight is 777 g/mol. The van der Waals surface area contributed by atoms with Gasteiger partial charge in [-0.1, -0.05) is 243 Å². The van der Waals surface area contributed by atoms with Crippen molar-refractivity contribution in [2.45, 2.75) is 0 Å². The van der Waals surface area contributed by atoms with E-state index in [1.54, 1.807) is 0 Å². The molecular weight excluding hydrogens is 736 g/mol. The van der Waals surface area contributed by atoms with Crippen molar-refractivity contribution >= 4 is 74.1 Å². The third-order valence-corrected chi connectivity index (χ3v) is 20.2. The number of benzene rings is 8. The van der Waals surface area contributed by atoms with E-state index in [0.717, 1.165) is 0 Å². The standard InChI is InChI=1S/C51H40P4/c1-9-25-42(26-10-1)52(43-27-11-2-12-28-43)50(53(44-29-13-3-14-30-44)45-31-15-4-16-32-45)41-51(54(46-33-17-5-18-34-46)47-35-19-6-20-36-47)55(48-37-21-7-22-38-48)49-39-23-8-24-40-49/h1-40H. The van der Waals surface area contributed by atoms with Gasteiger partial charge in [0.1, 0.15) is 0 Å². The van der Waals surface area contributed by atoms with Crippen molar-refractivity contribution in [3.63, 3.8) is 0 Å². The van der Waals surface area contributed by atoms with Gasteiger partial charge in [0.15, 0.2) is 0 Å². The smallest absolute Gasteiger partial charge is 0.0370 e. The highest BCUT2D eigenvalue weighted by Gasteiger charge is 2.33. The zero-order valence-corrected chi connectivity index (χ0v) is 34.0. The monoisotopic (exact) mass is 776 g/mol. The van der Waals surface area contributed by atoms with E-state index in [1.807, 2.05) is 0 Å². The predicted octanol–water partition coefficient (Wildman–Crippen LogP) is 10.8. The van der Waals surface area contributed by atoms with Crippen LogP contribution in [0.2, 0.25) is 0 Å².